The van der Waals surface area contributed by atoms with Gasteiger partial charge >= 0.3 is 5.97 Å². The zero-order valence-electron chi connectivity index (χ0n) is 3.77. The molecule has 0 saturated heterocycles. The Kier molecular flexibility index (Phi) is 2.05. The monoisotopic (exact) mass is 103 g/mol. The second-order valence-corrected chi connectivity index (χ2v) is 1.08. The molecule has 0 aromatic carbocycles. The van der Waals surface area contributed by atoms with E-state index in [0.717, 1.165) is 6.92 Å². The lowest BCUT2D eigenvalue weighted by Crippen LogP contribution is -1.91. The molecule has 0 aliphatic rings. The van der Waals surface area contributed by atoms with Crippen LogP contribution in [0.5, 0.6) is 0 Å². The molecule has 0 rings (SSSR count). The van der Waals surface area contributed by atoms with Gasteiger partial charge in [-0.05, 0) is 6.92 Å². The van der Waals surface area contributed by atoms with Gasteiger partial charge in [0.2, 0.25) is 0 Å². The first kappa shape index (κ1) is 6.14. The quantitative estimate of drug-likeness (QED) is 0.452. The van der Waals surface area contributed by atoms with Gasteiger partial charge in [-0.25, -0.2) is 14.3 Å². The van der Waals surface area contributed by atoms with E-state index >= 15 is 0 Å². The number of halogens is 1. The molecule has 0 aliphatic heterocycles. The van der Waals surface area contributed by atoms with Crippen molar-refractivity contribution >= 4 is 5.97 Å². The van der Waals surface area contributed by atoms with Crippen molar-refractivity contribution in [2.45, 2.75) is 6.92 Å². The van der Waals surface area contributed by atoms with E-state index in [0.29, 0.717) is 0 Å². The fraction of sp³-hybridized carbons (Fsp3) is 0.250. The van der Waals surface area contributed by atoms with E-state index in [1.54, 1.807) is 0 Å². The van der Waals surface area contributed by atoms with Crippen molar-refractivity contribution in [3.05, 3.63) is 11.9 Å². The van der Waals surface area contributed by atoms with Gasteiger partial charge in [0, 0.05) is 0 Å². The van der Waals surface area contributed by atoms with Crippen molar-refractivity contribution in [1.82, 2.24) is 0 Å². The maximum Gasteiger partial charge on any atom is 0.384 e. The topological polar surface area (TPSA) is 37.0 Å². The average molecular weight is 103 g/mol. The summed E-state index contributed by atoms with van der Waals surface area (Å²) in [4.78, 5) is 9.51. The molecular formula is C4H4FO2. The van der Waals surface area contributed by atoms with Crippen LogP contribution < -0.4 is 0 Å². The van der Waals surface area contributed by atoms with E-state index in [1.807, 2.05) is 0 Å². The summed E-state index contributed by atoms with van der Waals surface area (Å²) in [5.74, 6) is -1.47. The molecule has 0 amide bonds. The maximum absolute atomic E-state index is 11.1. The van der Waals surface area contributed by atoms with Crippen LogP contribution in [-0.2, 0) is 9.90 Å². The standard InChI is InChI=1S/C4H4FO2/c1-3(2-5)4(6)7/h2H,1H3. The Morgan fingerprint density at radius 3 is 2.14 bits per heavy atom. The highest BCUT2D eigenvalue weighted by Crippen LogP contribution is 1.90. The predicted octanol–water partition coefficient (Wildman–Crippen LogP) is 0.817. The summed E-state index contributed by atoms with van der Waals surface area (Å²) in [7, 11) is 0. The summed E-state index contributed by atoms with van der Waals surface area (Å²) in [5, 5.41) is 9.51. The Balaban J connectivity index is 3.82. The second-order valence-electron chi connectivity index (χ2n) is 1.08. The smallest absolute Gasteiger partial charge is 0.242 e. The molecule has 0 saturated carbocycles. The van der Waals surface area contributed by atoms with Gasteiger partial charge in [-0.3, -0.25) is 0 Å². The number of hydrogen-bond acceptors (Lipinski definition) is 1. The van der Waals surface area contributed by atoms with Gasteiger partial charge in [0.25, 0.3) is 0 Å². The molecule has 39 valence electrons. The second kappa shape index (κ2) is 2.34. The van der Waals surface area contributed by atoms with Gasteiger partial charge in [0.05, 0.1) is 11.9 Å². The minimum Gasteiger partial charge on any atom is -0.242 e. The van der Waals surface area contributed by atoms with Crippen molar-refractivity contribution in [3.8, 4) is 0 Å². The van der Waals surface area contributed by atoms with Crippen LogP contribution in [0.15, 0.2) is 11.9 Å². The minimum atomic E-state index is -1.47. The molecule has 0 aliphatic carbocycles. The molecule has 0 unspecified atom stereocenters. The summed E-state index contributed by atoms with van der Waals surface area (Å²) >= 11 is 0. The number of carbonyl (C=O) groups is 1. The lowest BCUT2D eigenvalue weighted by Gasteiger charge is -1.77. The van der Waals surface area contributed by atoms with Gasteiger partial charge < -0.3 is 0 Å². The van der Waals surface area contributed by atoms with Crippen molar-refractivity contribution in [2.75, 3.05) is 0 Å². The minimum absolute atomic E-state index is 0.00463. The van der Waals surface area contributed by atoms with Gasteiger partial charge in [0.1, 0.15) is 0 Å². The number of rotatable bonds is 1. The Hall–Kier alpha value is -0.860. The third-order valence-electron chi connectivity index (χ3n) is 0.486. The number of hydrogen-bond donors (Lipinski definition) is 0. The first-order valence-electron chi connectivity index (χ1n) is 1.67. The summed E-state index contributed by atoms with van der Waals surface area (Å²) in [6.45, 7) is 1.12. The molecule has 0 aromatic rings. The molecule has 7 heavy (non-hydrogen) atoms. The highest BCUT2D eigenvalue weighted by Gasteiger charge is 1.99. The summed E-state index contributed by atoms with van der Waals surface area (Å²) in [5.41, 5.74) is -0.389. The summed E-state index contributed by atoms with van der Waals surface area (Å²) in [6, 6.07) is 0. The zero-order valence-corrected chi connectivity index (χ0v) is 3.77. The Labute approximate surface area is 40.3 Å². The average Bonchev–Trinajstić information content (AvgIpc) is 1.65. The molecule has 2 nitrogen and oxygen atoms in total. The lowest BCUT2D eigenvalue weighted by atomic mass is 10.4. The van der Waals surface area contributed by atoms with E-state index in [9.17, 15) is 14.3 Å². The Bertz CT molecular complexity index is 106. The molecule has 3 heteroatoms. The van der Waals surface area contributed by atoms with Crippen molar-refractivity contribution < 1.29 is 14.3 Å². The van der Waals surface area contributed by atoms with E-state index in [4.69, 9.17) is 0 Å². The van der Waals surface area contributed by atoms with Gasteiger partial charge in [-0.1, -0.05) is 0 Å². The summed E-state index contributed by atoms with van der Waals surface area (Å²) in [6.07, 6.45) is -0.00463. The Morgan fingerprint density at radius 2 is 2.14 bits per heavy atom. The van der Waals surface area contributed by atoms with Crippen molar-refractivity contribution in [2.24, 2.45) is 0 Å². The highest BCUT2D eigenvalue weighted by molar-refractivity contribution is 5.84. The van der Waals surface area contributed by atoms with E-state index in [-0.39, 0.29) is 11.9 Å². The fourth-order valence-corrected chi connectivity index (χ4v) is 0.0445. The third-order valence-corrected chi connectivity index (χ3v) is 0.486. The first-order chi connectivity index (χ1) is 3.18. The van der Waals surface area contributed by atoms with Crippen LogP contribution in [-0.4, -0.2) is 5.97 Å². The van der Waals surface area contributed by atoms with Crippen LogP contribution in [0.25, 0.3) is 0 Å². The van der Waals surface area contributed by atoms with E-state index < -0.39 is 5.97 Å². The third kappa shape index (κ3) is 1.92. The molecule has 0 spiro atoms. The summed E-state index contributed by atoms with van der Waals surface area (Å²) < 4.78 is 11.1. The molecule has 1 radical (unpaired) electrons. The van der Waals surface area contributed by atoms with Gasteiger partial charge in [0.15, 0.2) is 0 Å². The van der Waals surface area contributed by atoms with Crippen LogP contribution in [0.3, 0.4) is 0 Å². The van der Waals surface area contributed by atoms with Crippen LogP contribution in [0.1, 0.15) is 6.92 Å². The molecule has 0 fully saturated rings. The Morgan fingerprint density at radius 1 is 1.71 bits per heavy atom. The molecule has 0 bridgehead atoms. The van der Waals surface area contributed by atoms with Gasteiger partial charge in [-0.2, -0.15) is 0 Å². The van der Waals surface area contributed by atoms with Crippen LogP contribution in [0.4, 0.5) is 4.39 Å². The van der Waals surface area contributed by atoms with Crippen LogP contribution in [0, 0.1) is 0 Å². The molecule has 0 heterocycles. The maximum atomic E-state index is 11.1. The first-order valence-corrected chi connectivity index (χ1v) is 1.67. The van der Waals surface area contributed by atoms with E-state index in [1.165, 1.54) is 0 Å². The predicted molar refractivity (Wildman–Crippen MR) is 20.6 cm³/mol. The van der Waals surface area contributed by atoms with Crippen molar-refractivity contribution in [3.63, 3.8) is 0 Å². The fourth-order valence-electron chi connectivity index (χ4n) is 0.0445. The molecule has 0 atom stereocenters. The molecule has 0 N–H and O–H groups in total. The SMILES string of the molecule is CC(=CF)C([O])=O. The number of carbonyl (C=O) groups excluding carboxylic acids is 1. The van der Waals surface area contributed by atoms with Crippen LogP contribution >= 0.6 is 0 Å². The van der Waals surface area contributed by atoms with E-state index in [2.05, 4.69) is 0 Å². The zero-order chi connectivity index (χ0) is 5.86. The van der Waals surface area contributed by atoms with Crippen molar-refractivity contribution in [1.29, 1.82) is 0 Å². The lowest BCUT2D eigenvalue weighted by molar-refractivity contribution is -0.138. The molecular weight excluding hydrogens is 99.0 g/mol. The normalized spacial score (nSPS) is 11.4. The van der Waals surface area contributed by atoms with Crippen LogP contribution in [0.2, 0.25) is 0 Å². The molecule has 0 aromatic heterocycles. The highest BCUT2D eigenvalue weighted by atomic mass is 19.1. The van der Waals surface area contributed by atoms with Gasteiger partial charge in [-0.15, -0.1) is 0 Å². The largest absolute Gasteiger partial charge is 0.384 e.